The molecule has 0 bridgehead atoms. The van der Waals surface area contributed by atoms with Crippen LogP contribution in [0.4, 0.5) is 0 Å². The van der Waals surface area contributed by atoms with Crippen molar-refractivity contribution in [3.8, 4) is 0 Å². The highest BCUT2D eigenvalue weighted by atomic mass is 32.2. The fourth-order valence-corrected chi connectivity index (χ4v) is 5.67. The van der Waals surface area contributed by atoms with E-state index < -0.39 is 5.91 Å². The van der Waals surface area contributed by atoms with Gasteiger partial charge in [-0.05, 0) is 49.8 Å². The number of rotatable bonds is 4. The van der Waals surface area contributed by atoms with E-state index in [0.29, 0.717) is 11.7 Å². The highest BCUT2D eigenvalue weighted by Crippen LogP contribution is 2.40. The highest BCUT2D eigenvalue weighted by Gasteiger charge is 2.24. The molecule has 4 rings (SSSR count). The van der Waals surface area contributed by atoms with Gasteiger partial charge in [0, 0.05) is 10.3 Å². The third-order valence-corrected chi connectivity index (χ3v) is 6.76. The summed E-state index contributed by atoms with van der Waals surface area (Å²) in [4.78, 5) is 35.6. The number of hydrogen-bond donors (Lipinski definition) is 2. The molecule has 0 spiro atoms. The van der Waals surface area contributed by atoms with Crippen molar-refractivity contribution in [2.75, 3.05) is 5.75 Å². The molecular formula is C19H20N4O3S2. The lowest BCUT2D eigenvalue weighted by Crippen LogP contribution is -2.42. The molecular weight excluding hydrogens is 396 g/mol. The summed E-state index contributed by atoms with van der Waals surface area (Å²) < 4.78 is 4.99. The second-order valence-corrected chi connectivity index (χ2v) is 8.92. The Morgan fingerprint density at radius 1 is 1.36 bits per heavy atom. The molecule has 3 aromatic rings. The molecule has 2 amide bonds. The first-order chi connectivity index (χ1) is 13.5. The Balaban J connectivity index is 1.45. The fourth-order valence-electron chi connectivity index (χ4n) is 3.28. The Labute approximate surface area is 170 Å². The molecule has 146 valence electrons. The monoisotopic (exact) mass is 416 g/mol. The number of fused-ring (bicyclic) bond motifs is 3. The number of carbonyl (C=O) groups excluding carboxylic acids is 2. The lowest BCUT2D eigenvalue weighted by atomic mass is 9.89. The number of hydrogen-bond acceptors (Lipinski definition) is 7. The van der Waals surface area contributed by atoms with Crippen molar-refractivity contribution >= 4 is 45.1 Å². The average Bonchev–Trinajstić information content (AvgIpc) is 3.31. The van der Waals surface area contributed by atoms with Crippen LogP contribution in [0.5, 0.6) is 0 Å². The number of hydrazine groups is 1. The number of carbonyl (C=O) groups is 2. The number of nitrogens with zero attached hydrogens (tertiary/aromatic N) is 2. The molecule has 1 atom stereocenters. The zero-order chi connectivity index (χ0) is 19.7. The van der Waals surface area contributed by atoms with E-state index in [4.69, 9.17) is 4.42 Å². The maximum atomic E-state index is 12.2. The van der Waals surface area contributed by atoms with Gasteiger partial charge in [0.2, 0.25) is 5.91 Å². The van der Waals surface area contributed by atoms with Crippen molar-refractivity contribution in [2.45, 2.75) is 38.1 Å². The minimum Gasteiger partial charge on any atom is -0.459 e. The molecule has 2 N–H and O–H groups in total. The van der Waals surface area contributed by atoms with Crippen LogP contribution in [0, 0.1) is 12.8 Å². The van der Waals surface area contributed by atoms with Crippen molar-refractivity contribution in [1.29, 1.82) is 0 Å². The third-order valence-electron chi connectivity index (χ3n) is 4.63. The summed E-state index contributed by atoms with van der Waals surface area (Å²) in [5.74, 6) is 0.865. The summed E-state index contributed by atoms with van der Waals surface area (Å²) in [6, 6.07) is 3.13. The SMILES string of the molecule is Cc1nc(SCC(=O)NNC(=O)c2ccco2)c2c3c(sc2n1)C[C@H](C)CC3. The predicted molar refractivity (Wildman–Crippen MR) is 108 cm³/mol. The largest absolute Gasteiger partial charge is 0.459 e. The first-order valence-electron chi connectivity index (χ1n) is 9.05. The Morgan fingerprint density at radius 3 is 3.00 bits per heavy atom. The van der Waals surface area contributed by atoms with E-state index in [9.17, 15) is 9.59 Å². The molecule has 28 heavy (non-hydrogen) atoms. The van der Waals surface area contributed by atoms with Crippen molar-refractivity contribution in [2.24, 2.45) is 5.92 Å². The van der Waals surface area contributed by atoms with Gasteiger partial charge in [-0.2, -0.15) is 0 Å². The number of aromatic nitrogens is 2. The molecule has 1 aliphatic carbocycles. The maximum absolute atomic E-state index is 12.2. The lowest BCUT2D eigenvalue weighted by molar-refractivity contribution is -0.119. The van der Waals surface area contributed by atoms with Crippen LogP contribution < -0.4 is 10.9 Å². The molecule has 0 radical (unpaired) electrons. The number of furan rings is 1. The summed E-state index contributed by atoms with van der Waals surface area (Å²) >= 11 is 3.11. The number of aryl methyl sites for hydroxylation is 2. The van der Waals surface area contributed by atoms with E-state index in [1.54, 1.807) is 17.4 Å². The summed E-state index contributed by atoms with van der Waals surface area (Å²) in [6.07, 6.45) is 4.67. The Hall–Kier alpha value is -2.39. The van der Waals surface area contributed by atoms with E-state index >= 15 is 0 Å². The summed E-state index contributed by atoms with van der Waals surface area (Å²) in [5.41, 5.74) is 6.09. The number of thioether (sulfide) groups is 1. The van der Waals surface area contributed by atoms with Gasteiger partial charge >= 0.3 is 5.91 Å². The summed E-state index contributed by atoms with van der Waals surface area (Å²) in [6.45, 7) is 4.15. The van der Waals surface area contributed by atoms with Crippen LogP contribution in [-0.2, 0) is 17.6 Å². The van der Waals surface area contributed by atoms with Gasteiger partial charge < -0.3 is 4.42 Å². The predicted octanol–water partition coefficient (Wildman–Crippen LogP) is 3.27. The Bertz CT molecular complexity index is 1030. The molecule has 0 unspecified atom stereocenters. The van der Waals surface area contributed by atoms with Crippen LogP contribution >= 0.6 is 23.1 Å². The first-order valence-corrected chi connectivity index (χ1v) is 10.9. The standard InChI is InChI=1S/C19H20N4O3S2/c1-10-5-6-12-14(8-10)28-19-16(12)18(20-11(2)21-19)27-9-15(24)22-23-17(25)13-4-3-7-26-13/h3-4,7,10H,5-6,8-9H2,1-2H3,(H,22,24)(H,23,25)/t10-/m1/s1. The Morgan fingerprint density at radius 2 is 2.21 bits per heavy atom. The molecule has 0 saturated carbocycles. The van der Waals surface area contributed by atoms with E-state index in [1.165, 1.54) is 34.5 Å². The van der Waals surface area contributed by atoms with Crippen molar-refractivity contribution in [3.63, 3.8) is 0 Å². The Kier molecular flexibility index (Phi) is 5.36. The maximum Gasteiger partial charge on any atom is 0.305 e. The normalized spacial score (nSPS) is 16.0. The average molecular weight is 417 g/mol. The van der Waals surface area contributed by atoms with Gasteiger partial charge in [0.25, 0.3) is 0 Å². The second kappa shape index (κ2) is 7.92. The minimum absolute atomic E-state index is 0.139. The first kappa shape index (κ1) is 18.9. The summed E-state index contributed by atoms with van der Waals surface area (Å²) in [5, 5.41) is 1.93. The minimum atomic E-state index is -0.496. The van der Waals surface area contributed by atoms with E-state index in [0.717, 1.165) is 34.5 Å². The van der Waals surface area contributed by atoms with Gasteiger partial charge in [-0.15, -0.1) is 11.3 Å². The molecule has 1 aliphatic rings. The van der Waals surface area contributed by atoms with Gasteiger partial charge in [0.15, 0.2) is 5.76 Å². The van der Waals surface area contributed by atoms with Gasteiger partial charge in [0.1, 0.15) is 15.7 Å². The molecule has 0 fully saturated rings. The fraction of sp³-hybridized carbons (Fsp3) is 0.368. The molecule has 7 nitrogen and oxygen atoms in total. The summed E-state index contributed by atoms with van der Waals surface area (Å²) in [7, 11) is 0. The zero-order valence-corrected chi connectivity index (χ0v) is 17.2. The molecule has 9 heteroatoms. The van der Waals surface area contributed by atoms with E-state index in [1.807, 2.05) is 6.92 Å². The molecule has 0 aromatic carbocycles. The van der Waals surface area contributed by atoms with Crippen LogP contribution in [0.1, 0.15) is 40.2 Å². The molecule has 0 saturated heterocycles. The van der Waals surface area contributed by atoms with E-state index in [2.05, 4.69) is 27.7 Å². The van der Waals surface area contributed by atoms with Crippen molar-refractivity contribution in [1.82, 2.24) is 20.8 Å². The van der Waals surface area contributed by atoms with Gasteiger partial charge in [-0.1, -0.05) is 18.7 Å². The van der Waals surface area contributed by atoms with Crippen molar-refractivity contribution in [3.05, 3.63) is 40.4 Å². The third kappa shape index (κ3) is 3.90. The molecule has 0 aliphatic heterocycles. The lowest BCUT2D eigenvalue weighted by Gasteiger charge is -2.18. The number of nitrogens with one attached hydrogen (secondary N) is 2. The second-order valence-electron chi connectivity index (χ2n) is 6.88. The van der Waals surface area contributed by atoms with Crippen LogP contribution in [0.2, 0.25) is 0 Å². The number of amides is 2. The van der Waals surface area contributed by atoms with Crippen LogP contribution in [0.25, 0.3) is 10.2 Å². The number of thiophene rings is 1. The van der Waals surface area contributed by atoms with E-state index in [-0.39, 0.29) is 17.4 Å². The zero-order valence-electron chi connectivity index (χ0n) is 15.6. The topological polar surface area (TPSA) is 97.1 Å². The van der Waals surface area contributed by atoms with Gasteiger partial charge in [-0.3, -0.25) is 20.4 Å². The van der Waals surface area contributed by atoms with Crippen LogP contribution in [-0.4, -0.2) is 27.5 Å². The van der Waals surface area contributed by atoms with Crippen LogP contribution in [0.15, 0.2) is 27.8 Å². The molecule has 3 heterocycles. The van der Waals surface area contributed by atoms with Gasteiger partial charge in [0.05, 0.1) is 12.0 Å². The highest BCUT2D eigenvalue weighted by molar-refractivity contribution is 8.00. The quantitative estimate of drug-likeness (QED) is 0.385. The molecule has 3 aromatic heterocycles. The van der Waals surface area contributed by atoms with Crippen molar-refractivity contribution < 1.29 is 14.0 Å². The van der Waals surface area contributed by atoms with Gasteiger partial charge in [-0.25, -0.2) is 9.97 Å². The smallest absolute Gasteiger partial charge is 0.305 e. The van der Waals surface area contributed by atoms with Crippen LogP contribution in [0.3, 0.4) is 0 Å².